The fourth-order valence-electron chi connectivity index (χ4n) is 2.83. The molecule has 7 nitrogen and oxygen atoms in total. The maximum absolute atomic E-state index is 12.4. The first-order valence-electron chi connectivity index (χ1n) is 9.69. The maximum atomic E-state index is 12.4. The highest BCUT2D eigenvalue weighted by atomic mass is 32.1. The molecule has 3 rings (SSSR count). The van der Waals surface area contributed by atoms with Gasteiger partial charge in [-0.3, -0.25) is 14.9 Å². The summed E-state index contributed by atoms with van der Waals surface area (Å²) in [5.74, 6) is -1.14. The van der Waals surface area contributed by atoms with Crippen molar-refractivity contribution in [2.75, 3.05) is 12.4 Å². The van der Waals surface area contributed by atoms with Gasteiger partial charge in [-0.05, 0) is 60.2 Å². The largest absolute Gasteiger partial charge is 0.465 e. The molecule has 0 aliphatic rings. The van der Waals surface area contributed by atoms with Crippen LogP contribution in [0.15, 0.2) is 78.9 Å². The van der Waals surface area contributed by atoms with E-state index in [9.17, 15) is 14.4 Å². The molecule has 0 spiro atoms. The van der Waals surface area contributed by atoms with Gasteiger partial charge in [0.1, 0.15) is 0 Å². The molecule has 0 fully saturated rings. The fraction of sp³-hybridized carbons (Fsp3) is 0.0833. The van der Waals surface area contributed by atoms with E-state index >= 15 is 0 Å². The lowest BCUT2D eigenvalue weighted by Crippen LogP contribution is -2.34. The van der Waals surface area contributed by atoms with Crippen molar-refractivity contribution in [1.82, 2.24) is 10.6 Å². The monoisotopic (exact) mass is 447 g/mol. The average molecular weight is 448 g/mol. The summed E-state index contributed by atoms with van der Waals surface area (Å²) >= 11 is 5.20. The van der Waals surface area contributed by atoms with Crippen LogP contribution < -0.4 is 16.0 Å². The van der Waals surface area contributed by atoms with Crippen LogP contribution in [0.2, 0.25) is 0 Å². The second-order valence-corrected chi connectivity index (χ2v) is 7.13. The van der Waals surface area contributed by atoms with E-state index in [0.717, 1.165) is 5.56 Å². The van der Waals surface area contributed by atoms with Crippen molar-refractivity contribution in [3.63, 3.8) is 0 Å². The Labute approximate surface area is 190 Å². The molecule has 0 unspecified atom stereocenters. The van der Waals surface area contributed by atoms with E-state index in [-0.39, 0.29) is 11.0 Å². The summed E-state index contributed by atoms with van der Waals surface area (Å²) in [5.41, 5.74) is 2.68. The van der Waals surface area contributed by atoms with E-state index in [2.05, 4.69) is 20.7 Å². The first-order valence-corrected chi connectivity index (χ1v) is 10.1. The van der Waals surface area contributed by atoms with Gasteiger partial charge in [-0.25, -0.2) is 4.79 Å². The second kappa shape index (κ2) is 10.8. The third-order valence-corrected chi connectivity index (χ3v) is 4.68. The molecule has 0 aromatic heterocycles. The van der Waals surface area contributed by atoms with Gasteiger partial charge in [0.2, 0.25) is 0 Å². The van der Waals surface area contributed by atoms with Crippen LogP contribution in [0.25, 0.3) is 0 Å². The highest BCUT2D eigenvalue weighted by Crippen LogP contribution is 2.12. The molecule has 0 bridgehead atoms. The number of carbonyl (C=O) groups excluding carboxylic acids is 3. The number of thiocarbonyl (C=S) groups is 1. The zero-order chi connectivity index (χ0) is 22.9. The molecule has 0 saturated carbocycles. The third-order valence-electron chi connectivity index (χ3n) is 4.47. The quantitative estimate of drug-likeness (QED) is 0.395. The number of rotatable bonds is 6. The summed E-state index contributed by atoms with van der Waals surface area (Å²) < 4.78 is 4.63. The van der Waals surface area contributed by atoms with Crippen molar-refractivity contribution < 1.29 is 19.1 Å². The van der Waals surface area contributed by atoms with Crippen LogP contribution in [-0.4, -0.2) is 30.0 Å². The van der Waals surface area contributed by atoms with Crippen molar-refractivity contribution >= 4 is 40.8 Å². The summed E-state index contributed by atoms with van der Waals surface area (Å²) in [6, 6.07) is 22.4. The van der Waals surface area contributed by atoms with E-state index in [1.807, 2.05) is 30.3 Å². The minimum atomic E-state index is -0.484. The molecule has 3 aromatic carbocycles. The van der Waals surface area contributed by atoms with Crippen LogP contribution in [0, 0.1) is 0 Å². The molecular formula is C24H21N3O4S. The lowest BCUT2D eigenvalue weighted by molar-refractivity contribution is 0.0600. The predicted molar refractivity (Wildman–Crippen MR) is 126 cm³/mol. The van der Waals surface area contributed by atoms with E-state index in [4.69, 9.17) is 12.2 Å². The number of amides is 2. The Morgan fingerprint density at radius 1 is 0.812 bits per heavy atom. The Morgan fingerprint density at radius 2 is 1.50 bits per heavy atom. The maximum Gasteiger partial charge on any atom is 0.337 e. The zero-order valence-corrected chi connectivity index (χ0v) is 18.1. The van der Waals surface area contributed by atoms with E-state index in [1.165, 1.54) is 31.4 Å². The van der Waals surface area contributed by atoms with Crippen LogP contribution in [0.5, 0.6) is 0 Å². The van der Waals surface area contributed by atoms with E-state index < -0.39 is 11.9 Å². The van der Waals surface area contributed by atoms with Gasteiger partial charge in [-0.2, -0.15) is 0 Å². The normalized spacial score (nSPS) is 10.0. The van der Waals surface area contributed by atoms with Crippen molar-refractivity contribution in [2.24, 2.45) is 0 Å². The van der Waals surface area contributed by atoms with Gasteiger partial charge in [0.05, 0.1) is 12.7 Å². The predicted octanol–water partition coefficient (Wildman–Crippen LogP) is 3.53. The van der Waals surface area contributed by atoms with Gasteiger partial charge >= 0.3 is 5.97 Å². The number of nitrogens with one attached hydrogen (secondary N) is 3. The molecular weight excluding hydrogens is 426 g/mol. The molecule has 0 saturated heterocycles. The number of anilines is 1. The van der Waals surface area contributed by atoms with Crippen LogP contribution >= 0.6 is 12.2 Å². The molecule has 8 heteroatoms. The van der Waals surface area contributed by atoms with E-state index in [0.29, 0.717) is 28.9 Å². The zero-order valence-electron chi connectivity index (χ0n) is 17.3. The molecule has 2 amide bonds. The van der Waals surface area contributed by atoms with Crippen molar-refractivity contribution in [1.29, 1.82) is 0 Å². The molecule has 0 aliphatic heterocycles. The molecule has 0 radical (unpaired) electrons. The Hall–Kier alpha value is -4.04. The first kappa shape index (κ1) is 22.6. The molecule has 0 aliphatic carbocycles. The summed E-state index contributed by atoms with van der Waals surface area (Å²) in [7, 11) is 1.29. The van der Waals surface area contributed by atoms with Gasteiger partial charge in [-0.15, -0.1) is 0 Å². The van der Waals surface area contributed by atoms with Gasteiger partial charge in [0, 0.05) is 23.4 Å². The number of hydrogen-bond donors (Lipinski definition) is 3. The van der Waals surface area contributed by atoms with Crippen molar-refractivity contribution in [3.05, 3.63) is 101 Å². The third kappa shape index (κ3) is 6.23. The second-order valence-electron chi connectivity index (χ2n) is 6.73. The van der Waals surface area contributed by atoms with Crippen LogP contribution in [0.4, 0.5) is 5.69 Å². The SMILES string of the molecule is COC(=O)c1ccc(C(=O)NC(=S)Nc2cccc(C(=O)NCc3ccccc3)c2)cc1. The van der Waals surface area contributed by atoms with Crippen LogP contribution in [0.3, 0.4) is 0 Å². The summed E-state index contributed by atoms with van der Waals surface area (Å²) in [6.07, 6.45) is 0. The summed E-state index contributed by atoms with van der Waals surface area (Å²) in [4.78, 5) is 36.3. The van der Waals surface area contributed by atoms with Crippen LogP contribution in [0.1, 0.15) is 36.6 Å². The minimum Gasteiger partial charge on any atom is -0.465 e. The highest BCUT2D eigenvalue weighted by Gasteiger charge is 2.11. The van der Waals surface area contributed by atoms with Gasteiger partial charge in [-0.1, -0.05) is 36.4 Å². The first-order chi connectivity index (χ1) is 15.5. The number of ether oxygens (including phenoxy) is 1. The number of esters is 1. The van der Waals surface area contributed by atoms with Crippen molar-refractivity contribution in [2.45, 2.75) is 6.54 Å². The molecule has 3 aromatic rings. The lowest BCUT2D eigenvalue weighted by Gasteiger charge is -2.11. The topological polar surface area (TPSA) is 96.5 Å². The fourth-order valence-corrected chi connectivity index (χ4v) is 3.04. The molecule has 32 heavy (non-hydrogen) atoms. The highest BCUT2D eigenvalue weighted by molar-refractivity contribution is 7.80. The number of carbonyl (C=O) groups is 3. The molecule has 0 atom stereocenters. The van der Waals surface area contributed by atoms with Crippen LogP contribution in [-0.2, 0) is 11.3 Å². The van der Waals surface area contributed by atoms with Gasteiger partial charge < -0.3 is 15.4 Å². The molecule has 162 valence electrons. The smallest absolute Gasteiger partial charge is 0.337 e. The molecule has 0 heterocycles. The lowest BCUT2D eigenvalue weighted by atomic mass is 10.1. The molecule has 3 N–H and O–H groups in total. The number of hydrogen-bond acceptors (Lipinski definition) is 5. The number of methoxy groups -OCH3 is 1. The Balaban J connectivity index is 1.56. The Kier molecular flexibility index (Phi) is 7.66. The van der Waals surface area contributed by atoms with E-state index in [1.54, 1.807) is 24.3 Å². The van der Waals surface area contributed by atoms with Crippen molar-refractivity contribution in [3.8, 4) is 0 Å². The standard InChI is InChI=1S/C24H21N3O4S/c1-31-23(30)18-12-10-17(11-13-18)22(29)27-24(32)26-20-9-5-8-19(14-20)21(28)25-15-16-6-3-2-4-7-16/h2-14H,15H2,1H3,(H,25,28)(H2,26,27,29,32). The van der Waals surface area contributed by atoms with Gasteiger partial charge in [0.15, 0.2) is 5.11 Å². The minimum absolute atomic E-state index is 0.0777. The average Bonchev–Trinajstić information content (AvgIpc) is 2.82. The number of benzene rings is 3. The summed E-state index contributed by atoms with van der Waals surface area (Å²) in [5, 5.41) is 8.40. The Morgan fingerprint density at radius 3 is 2.19 bits per heavy atom. The summed E-state index contributed by atoms with van der Waals surface area (Å²) in [6.45, 7) is 0.417. The Bertz CT molecular complexity index is 1130. The van der Waals surface area contributed by atoms with Gasteiger partial charge in [0.25, 0.3) is 11.8 Å².